The SMILES string of the molecule is Cc1cc(CC(=O)N2C[C@@H]3NC(=O)c4cc(cc(OCC5CC5)c4)OCC(=O)NCc4ccc(cc4)O[C@H]3C2)on1. The van der Waals surface area contributed by atoms with Gasteiger partial charge in [-0.1, -0.05) is 17.3 Å². The van der Waals surface area contributed by atoms with Crippen molar-refractivity contribution in [1.29, 1.82) is 0 Å². The number of likely N-dealkylation sites (tertiary alicyclic amines) is 1. The molecule has 1 aromatic heterocycles. The molecule has 2 fully saturated rings. The van der Waals surface area contributed by atoms with Crippen LogP contribution in [0.4, 0.5) is 0 Å². The van der Waals surface area contributed by atoms with Gasteiger partial charge >= 0.3 is 0 Å². The average molecular weight is 561 g/mol. The summed E-state index contributed by atoms with van der Waals surface area (Å²) in [6.45, 7) is 3.03. The summed E-state index contributed by atoms with van der Waals surface area (Å²) in [5.74, 6) is 1.64. The molecule has 3 aliphatic heterocycles. The number of aryl methyl sites for hydroxylation is 1. The zero-order valence-electron chi connectivity index (χ0n) is 22.8. The summed E-state index contributed by atoms with van der Waals surface area (Å²) in [7, 11) is 0. The number of ether oxygens (including phenoxy) is 3. The highest BCUT2D eigenvalue weighted by molar-refractivity contribution is 5.95. The first-order valence-corrected chi connectivity index (χ1v) is 13.8. The summed E-state index contributed by atoms with van der Waals surface area (Å²) in [4.78, 5) is 40.8. The Bertz CT molecular complexity index is 1430. The molecule has 3 aromatic rings. The molecular weight excluding hydrogens is 528 g/mol. The van der Waals surface area contributed by atoms with E-state index in [1.807, 2.05) is 24.3 Å². The van der Waals surface area contributed by atoms with Gasteiger partial charge in [-0.2, -0.15) is 0 Å². The van der Waals surface area contributed by atoms with Crippen molar-refractivity contribution in [2.24, 2.45) is 5.92 Å². The van der Waals surface area contributed by atoms with E-state index < -0.39 is 12.1 Å². The van der Waals surface area contributed by atoms with Crippen molar-refractivity contribution in [1.82, 2.24) is 20.7 Å². The topological polar surface area (TPSA) is 132 Å². The standard InChI is InChI=1S/C30H32N4O7/c1-18-8-25(41-33-18)12-29(36)34-14-26-27(15-34)40-22-6-4-19(5-7-22)13-31-28(35)17-39-24-10-21(30(37)32-26)9-23(11-24)38-16-20-2-3-20/h4-11,20,26-27H,2-3,12-17H2,1H3,(H,31,35)(H,32,37)/t26-,27-/m0/s1. The number of carbonyl (C=O) groups is 3. The minimum atomic E-state index is -0.495. The lowest BCUT2D eigenvalue weighted by Crippen LogP contribution is -2.45. The fourth-order valence-electron chi connectivity index (χ4n) is 4.88. The largest absolute Gasteiger partial charge is 0.493 e. The number of nitrogens with zero attached hydrogens (tertiary/aromatic N) is 2. The van der Waals surface area contributed by atoms with E-state index in [4.69, 9.17) is 18.7 Å². The Morgan fingerprint density at radius 3 is 2.66 bits per heavy atom. The van der Waals surface area contributed by atoms with E-state index in [1.165, 1.54) is 0 Å². The number of fused-ring (bicyclic) bond motifs is 7. The number of amides is 3. The Kier molecular flexibility index (Phi) is 7.49. The van der Waals surface area contributed by atoms with Crippen LogP contribution in [0.25, 0.3) is 0 Å². The van der Waals surface area contributed by atoms with Crippen molar-refractivity contribution in [2.75, 3.05) is 26.3 Å². The van der Waals surface area contributed by atoms with Crippen LogP contribution in [0.2, 0.25) is 0 Å². The molecule has 11 heteroatoms. The van der Waals surface area contributed by atoms with E-state index >= 15 is 0 Å². The normalized spacial score (nSPS) is 20.8. The van der Waals surface area contributed by atoms with E-state index in [9.17, 15) is 14.4 Å². The molecule has 214 valence electrons. The van der Waals surface area contributed by atoms with E-state index in [0.717, 1.165) is 18.4 Å². The van der Waals surface area contributed by atoms with Crippen LogP contribution in [-0.4, -0.2) is 66.2 Å². The first-order chi connectivity index (χ1) is 19.9. The van der Waals surface area contributed by atoms with Crippen molar-refractivity contribution in [2.45, 2.75) is 44.9 Å². The highest BCUT2D eigenvalue weighted by Crippen LogP contribution is 2.31. The third-order valence-electron chi connectivity index (χ3n) is 7.33. The van der Waals surface area contributed by atoms with Crippen LogP contribution in [-0.2, 0) is 22.6 Å². The number of aromatic nitrogens is 1. The number of rotatable bonds is 5. The fraction of sp³-hybridized carbons (Fsp3) is 0.400. The molecular formula is C30H32N4O7. The van der Waals surface area contributed by atoms with E-state index in [2.05, 4.69) is 15.8 Å². The molecule has 4 bridgehead atoms. The molecule has 7 rings (SSSR count). The highest BCUT2D eigenvalue weighted by atomic mass is 16.5. The molecule has 0 unspecified atom stereocenters. The number of hydrogen-bond acceptors (Lipinski definition) is 8. The molecule has 0 spiro atoms. The second kappa shape index (κ2) is 11.5. The summed E-state index contributed by atoms with van der Waals surface area (Å²) in [6, 6.07) is 13.5. The molecule has 0 radical (unpaired) electrons. The lowest BCUT2D eigenvalue weighted by atomic mass is 10.1. The van der Waals surface area contributed by atoms with Crippen molar-refractivity contribution in [3.63, 3.8) is 0 Å². The number of hydrogen-bond donors (Lipinski definition) is 2. The van der Waals surface area contributed by atoms with Gasteiger partial charge in [-0.15, -0.1) is 0 Å². The lowest BCUT2D eigenvalue weighted by Gasteiger charge is -2.21. The third kappa shape index (κ3) is 6.79. The van der Waals surface area contributed by atoms with Gasteiger partial charge in [-0.3, -0.25) is 14.4 Å². The van der Waals surface area contributed by atoms with Gasteiger partial charge in [0.25, 0.3) is 11.8 Å². The number of nitrogens with one attached hydrogen (secondary N) is 2. The maximum Gasteiger partial charge on any atom is 0.258 e. The van der Waals surface area contributed by atoms with E-state index in [0.29, 0.717) is 53.3 Å². The zero-order chi connectivity index (χ0) is 28.3. The summed E-state index contributed by atoms with van der Waals surface area (Å²) >= 11 is 0. The minimum Gasteiger partial charge on any atom is -0.493 e. The molecule has 11 nitrogen and oxygen atoms in total. The summed E-state index contributed by atoms with van der Waals surface area (Å²) in [5, 5.41) is 9.75. The van der Waals surface area contributed by atoms with Crippen LogP contribution in [0.3, 0.4) is 0 Å². The molecule has 41 heavy (non-hydrogen) atoms. The van der Waals surface area contributed by atoms with Gasteiger partial charge in [0.2, 0.25) is 5.91 Å². The second-order valence-electron chi connectivity index (χ2n) is 10.8. The maximum atomic E-state index is 13.5. The van der Waals surface area contributed by atoms with Crippen molar-refractivity contribution in [3.05, 3.63) is 71.1 Å². The Morgan fingerprint density at radius 1 is 1.07 bits per heavy atom. The van der Waals surface area contributed by atoms with Gasteiger partial charge in [0.05, 0.1) is 31.3 Å². The van der Waals surface area contributed by atoms with Crippen molar-refractivity contribution in [3.8, 4) is 17.2 Å². The van der Waals surface area contributed by atoms with Crippen molar-refractivity contribution >= 4 is 17.7 Å². The molecule has 2 atom stereocenters. The van der Waals surface area contributed by atoms with Gasteiger partial charge in [-0.05, 0) is 55.5 Å². The molecule has 4 heterocycles. The van der Waals surface area contributed by atoms with Crippen LogP contribution < -0.4 is 24.8 Å². The quantitative estimate of drug-likeness (QED) is 0.486. The number of benzene rings is 2. The average Bonchev–Trinajstić information content (AvgIpc) is 3.59. The number of carbonyl (C=O) groups excluding carboxylic acids is 3. The van der Waals surface area contributed by atoms with Gasteiger partial charge < -0.3 is 34.3 Å². The second-order valence-corrected chi connectivity index (χ2v) is 10.8. The molecule has 1 saturated carbocycles. The first-order valence-electron chi connectivity index (χ1n) is 13.8. The molecule has 1 aliphatic carbocycles. The van der Waals surface area contributed by atoms with E-state index in [-0.39, 0.29) is 43.8 Å². The predicted octanol–water partition coefficient (Wildman–Crippen LogP) is 2.41. The maximum absolute atomic E-state index is 13.5. The van der Waals surface area contributed by atoms with Gasteiger partial charge in [-0.25, -0.2) is 0 Å². The van der Waals surface area contributed by atoms with Crippen LogP contribution in [0.1, 0.15) is 40.2 Å². The molecule has 4 aliphatic rings. The summed E-state index contributed by atoms with van der Waals surface area (Å²) in [6.07, 6.45) is 1.82. The third-order valence-corrected chi connectivity index (χ3v) is 7.33. The summed E-state index contributed by atoms with van der Waals surface area (Å²) < 4.78 is 23.2. The van der Waals surface area contributed by atoms with E-state index in [1.54, 1.807) is 36.1 Å². The Hall–Kier alpha value is -4.54. The minimum absolute atomic E-state index is 0.0652. The molecule has 2 aromatic carbocycles. The lowest BCUT2D eigenvalue weighted by molar-refractivity contribution is -0.130. The Morgan fingerprint density at radius 2 is 1.90 bits per heavy atom. The van der Waals surface area contributed by atoms with Crippen LogP contribution >= 0.6 is 0 Å². The predicted molar refractivity (Wildman–Crippen MR) is 146 cm³/mol. The monoisotopic (exact) mass is 560 g/mol. The molecule has 3 amide bonds. The van der Waals surface area contributed by atoms with Gasteiger partial charge in [0.1, 0.15) is 29.1 Å². The van der Waals surface area contributed by atoms with Crippen LogP contribution in [0.5, 0.6) is 17.2 Å². The summed E-state index contributed by atoms with van der Waals surface area (Å²) in [5.41, 5.74) is 1.92. The molecule has 1 saturated heterocycles. The van der Waals surface area contributed by atoms with Gasteiger partial charge in [0, 0.05) is 30.8 Å². The van der Waals surface area contributed by atoms with Gasteiger partial charge in [0.15, 0.2) is 6.61 Å². The van der Waals surface area contributed by atoms with Crippen LogP contribution in [0, 0.1) is 12.8 Å². The zero-order valence-corrected chi connectivity index (χ0v) is 22.8. The smallest absolute Gasteiger partial charge is 0.258 e. The highest BCUT2D eigenvalue weighted by Gasteiger charge is 2.38. The van der Waals surface area contributed by atoms with Crippen molar-refractivity contribution < 1.29 is 33.1 Å². The Balaban J connectivity index is 1.26. The molecule has 2 N–H and O–H groups in total. The fourth-order valence-corrected chi connectivity index (χ4v) is 4.88. The Labute approximate surface area is 237 Å². The van der Waals surface area contributed by atoms with Crippen LogP contribution in [0.15, 0.2) is 53.1 Å². The first kappa shape index (κ1) is 26.7.